The van der Waals surface area contributed by atoms with E-state index >= 15 is 0 Å². The summed E-state index contributed by atoms with van der Waals surface area (Å²) in [5.74, 6) is 0. The second-order valence-corrected chi connectivity index (χ2v) is 7.82. The number of benzene rings is 3. The van der Waals surface area contributed by atoms with Gasteiger partial charge in [-0.1, -0.05) is 71.2 Å². The number of aryl methyl sites for hydroxylation is 3. The number of halogens is 3. The topological polar surface area (TPSA) is 20.2 Å². The molecular formula is C22H19Cl3O. The minimum atomic E-state index is -1.35. The van der Waals surface area contributed by atoms with E-state index in [1.807, 2.05) is 75.4 Å². The highest BCUT2D eigenvalue weighted by atomic mass is 35.5. The van der Waals surface area contributed by atoms with Gasteiger partial charge in [0.25, 0.3) is 0 Å². The zero-order valence-electron chi connectivity index (χ0n) is 14.8. The van der Waals surface area contributed by atoms with Gasteiger partial charge in [-0.15, -0.1) is 0 Å². The molecule has 0 aliphatic carbocycles. The Kier molecular flexibility index (Phi) is 5.37. The zero-order valence-corrected chi connectivity index (χ0v) is 17.0. The van der Waals surface area contributed by atoms with Gasteiger partial charge < -0.3 is 5.11 Å². The molecule has 0 saturated heterocycles. The van der Waals surface area contributed by atoms with Crippen molar-refractivity contribution in [3.05, 3.63) is 103 Å². The molecule has 0 heterocycles. The summed E-state index contributed by atoms with van der Waals surface area (Å²) in [5.41, 5.74) is 3.57. The molecule has 4 heteroatoms. The van der Waals surface area contributed by atoms with Gasteiger partial charge in [0.05, 0.1) is 0 Å². The second-order valence-electron chi connectivity index (χ2n) is 6.60. The summed E-state index contributed by atoms with van der Waals surface area (Å²) >= 11 is 18.6. The van der Waals surface area contributed by atoms with E-state index in [4.69, 9.17) is 34.8 Å². The summed E-state index contributed by atoms with van der Waals surface area (Å²) in [7, 11) is 0. The Morgan fingerprint density at radius 2 is 0.846 bits per heavy atom. The maximum absolute atomic E-state index is 11.9. The van der Waals surface area contributed by atoms with E-state index in [9.17, 15) is 5.11 Å². The molecule has 26 heavy (non-hydrogen) atoms. The normalized spacial score (nSPS) is 11.7. The quantitative estimate of drug-likeness (QED) is 0.472. The third kappa shape index (κ3) is 3.37. The first kappa shape index (κ1) is 19.3. The number of aliphatic hydroxyl groups is 1. The van der Waals surface area contributed by atoms with Crippen LogP contribution in [-0.2, 0) is 5.60 Å². The Balaban J connectivity index is 2.31. The van der Waals surface area contributed by atoms with Crippen molar-refractivity contribution in [2.75, 3.05) is 0 Å². The Morgan fingerprint density at radius 3 is 1.08 bits per heavy atom. The molecule has 0 bridgehead atoms. The highest BCUT2D eigenvalue weighted by molar-refractivity contribution is 6.32. The molecule has 0 aliphatic heterocycles. The largest absolute Gasteiger partial charge is 0.376 e. The maximum atomic E-state index is 11.9. The molecule has 0 amide bonds. The molecule has 134 valence electrons. The van der Waals surface area contributed by atoms with Crippen LogP contribution in [0, 0.1) is 20.8 Å². The van der Waals surface area contributed by atoms with Gasteiger partial charge in [0.2, 0.25) is 0 Å². The van der Waals surface area contributed by atoms with Gasteiger partial charge in [0.1, 0.15) is 5.60 Å². The summed E-state index contributed by atoms with van der Waals surface area (Å²) < 4.78 is 0. The summed E-state index contributed by atoms with van der Waals surface area (Å²) in [6.45, 7) is 5.77. The lowest BCUT2D eigenvalue weighted by Crippen LogP contribution is -2.29. The van der Waals surface area contributed by atoms with E-state index in [1.165, 1.54) is 0 Å². The van der Waals surface area contributed by atoms with Crippen LogP contribution in [0.1, 0.15) is 33.4 Å². The first-order valence-electron chi connectivity index (χ1n) is 8.25. The van der Waals surface area contributed by atoms with Crippen LogP contribution in [0.2, 0.25) is 15.1 Å². The van der Waals surface area contributed by atoms with Crippen LogP contribution in [0.15, 0.2) is 54.6 Å². The molecule has 0 fully saturated rings. The fourth-order valence-electron chi connectivity index (χ4n) is 3.11. The molecule has 0 radical (unpaired) electrons. The summed E-state index contributed by atoms with van der Waals surface area (Å²) in [6.07, 6.45) is 0. The van der Waals surface area contributed by atoms with Gasteiger partial charge in [-0.05, 0) is 72.4 Å². The fourth-order valence-corrected chi connectivity index (χ4v) is 3.46. The smallest absolute Gasteiger partial charge is 0.140 e. The lowest BCUT2D eigenvalue weighted by atomic mass is 9.79. The SMILES string of the molecule is Cc1cc(C(O)(c2ccc(Cl)c(C)c2)c2ccc(Cl)c(C)c2)ccc1Cl. The molecule has 3 aromatic carbocycles. The van der Waals surface area contributed by atoms with Crippen molar-refractivity contribution in [1.82, 2.24) is 0 Å². The number of rotatable bonds is 3. The third-order valence-corrected chi connectivity index (χ3v) is 6.00. The van der Waals surface area contributed by atoms with Gasteiger partial charge in [0.15, 0.2) is 0 Å². The molecule has 0 saturated carbocycles. The average Bonchev–Trinajstić information content (AvgIpc) is 2.61. The highest BCUT2D eigenvalue weighted by Gasteiger charge is 2.34. The molecule has 0 atom stereocenters. The van der Waals surface area contributed by atoms with Crippen LogP contribution in [0.25, 0.3) is 0 Å². The molecule has 0 spiro atoms. The van der Waals surface area contributed by atoms with Crippen molar-refractivity contribution < 1.29 is 5.11 Å². The summed E-state index contributed by atoms with van der Waals surface area (Å²) in [4.78, 5) is 0. The molecule has 0 aliphatic rings. The fraction of sp³-hybridized carbons (Fsp3) is 0.182. The van der Waals surface area contributed by atoms with Gasteiger partial charge in [-0.25, -0.2) is 0 Å². The molecule has 3 rings (SSSR count). The average molecular weight is 406 g/mol. The Labute approximate surface area is 169 Å². The van der Waals surface area contributed by atoms with Crippen LogP contribution in [0.4, 0.5) is 0 Å². The van der Waals surface area contributed by atoms with Crippen LogP contribution in [0.3, 0.4) is 0 Å². The highest BCUT2D eigenvalue weighted by Crippen LogP contribution is 2.40. The monoisotopic (exact) mass is 404 g/mol. The first-order chi connectivity index (χ1) is 12.2. The van der Waals surface area contributed by atoms with Crippen molar-refractivity contribution >= 4 is 34.8 Å². The minimum absolute atomic E-state index is 0.663. The van der Waals surface area contributed by atoms with Gasteiger partial charge >= 0.3 is 0 Å². The van der Waals surface area contributed by atoms with E-state index in [0.717, 1.165) is 33.4 Å². The maximum Gasteiger partial charge on any atom is 0.140 e. The standard InChI is InChI=1S/C22H19Cl3O/c1-13-10-16(4-7-19(13)23)22(26,17-5-8-20(24)14(2)11-17)18-6-9-21(25)15(3)12-18/h4-12,26H,1-3H3. The first-order valence-corrected chi connectivity index (χ1v) is 9.39. The Bertz CT molecular complexity index is 854. The van der Waals surface area contributed by atoms with Crippen molar-refractivity contribution in [3.63, 3.8) is 0 Å². The van der Waals surface area contributed by atoms with E-state index in [0.29, 0.717) is 15.1 Å². The molecule has 0 aromatic heterocycles. The Hall–Kier alpha value is -1.51. The Morgan fingerprint density at radius 1 is 0.577 bits per heavy atom. The van der Waals surface area contributed by atoms with Crippen molar-refractivity contribution in [3.8, 4) is 0 Å². The number of hydrogen-bond donors (Lipinski definition) is 1. The molecule has 3 aromatic rings. The van der Waals surface area contributed by atoms with Gasteiger partial charge in [-0.3, -0.25) is 0 Å². The second kappa shape index (κ2) is 7.25. The predicted octanol–water partition coefficient (Wildman–Crippen LogP) is 6.86. The minimum Gasteiger partial charge on any atom is -0.376 e. The van der Waals surface area contributed by atoms with Gasteiger partial charge in [0, 0.05) is 15.1 Å². The van der Waals surface area contributed by atoms with Crippen molar-refractivity contribution in [2.45, 2.75) is 26.4 Å². The zero-order chi connectivity index (χ0) is 19.1. The van der Waals surface area contributed by atoms with Crippen LogP contribution < -0.4 is 0 Å². The van der Waals surface area contributed by atoms with Crippen LogP contribution in [-0.4, -0.2) is 5.11 Å². The predicted molar refractivity (Wildman–Crippen MR) is 111 cm³/mol. The van der Waals surface area contributed by atoms with E-state index in [2.05, 4.69) is 0 Å². The van der Waals surface area contributed by atoms with E-state index in [-0.39, 0.29) is 0 Å². The van der Waals surface area contributed by atoms with Gasteiger partial charge in [-0.2, -0.15) is 0 Å². The molecule has 1 N–H and O–H groups in total. The third-order valence-electron chi connectivity index (χ3n) is 4.73. The van der Waals surface area contributed by atoms with Crippen LogP contribution in [0.5, 0.6) is 0 Å². The summed E-state index contributed by atoms with van der Waals surface area (Å²) in [6, 6.07) is 16.7. The van der Waals surface area contributed by atoms with E-state index < -0.39 is 5.60 Å². The molecular weight excluding hydrogens is 387 g/mol. The molecule has 1 nitrogen and oxygen atoms in total. The molecule has 0 unspecified atom stereocenters. The lowest BCUT2D eigenvalue weighted by Gasteiger charge is -2.31. The summed E-state index contributed by atoms with van der Waals surface area (Å²) in [5, 5.41) is 13.9. The van der Waals surface area contributed by atoms with Crippen molar-refractivity contribution in [2.24, 2.45) is 0 Å². The van der Waals surface area contributed by atoms with E-state index in [1.54, 1.807) is 0 Å². The number of hydrogen-bond acceptors (Lipinski definition) is 1. The van der Waals surface area contributed by atoms with Crippen LogP contribution >= 0.6 is 34.8 Å². The van der Waals surface area contributed by atoms with Crippen molar-refractivity contribution in [1.29, 1.82) is 0 Å². The lowest BCUT2D eigenvalue weighted by molar-refractivity contribution is 0.125.